The smallest absolute Gasteiger partial charge is 0.339 e. The highest BCUT2D eigenvalue weighted by atomic mass is 32.1. The molecule has 140 valence electrons. The van der Waals surface area contributed by atoms with Gasteiger partial charge >= 0.3 is 5.97 Å². The molecule has 2 aromatic heterocycles. The summed E-state index contributed by atoms with van der Waals surface area (Å²) < 4.78 is 10.4. The van der Waals surface area contributed by atoms with E-state index in [1.807, 2.05) is 35.7 Å². The molecule has 0 saturated carbocycles. The Kier molecular flexibility index (Phi) is 4.86. The number of fused-ring (bicyclic) bond motifs is 1. The molecule has 0 aliphatic rings. The summed E-state index contributed by atoms with van der Waals surface area (Å²) in [5, 5.41) is 4.97. The van der Waals surface area contributed by atoms with Crippen molar-refractivity contribution in [2.75, 3.05) is 5.32 Å². The van der Waals surface area contributed by atoms with Crippen molar-refractivity contribution in [2.24, 2.45) is 0 Å². The summed E-state index contributed by atoms with van der Waals surface area (Å²) in [4.78, 5) is 33.0. The normalized spacial score (nSPS) is 11.9. The summed E-state index contributed by atoms with van der Waals surface area (Å²) in [5.74, 6) is -1.08. The van der Waals surface area contributed by atoms with Gasteiger partial charge in [0.2, 0.25) is 0 Å². The van der Waals surface area contributed by atoms with Crippen molar-refractivity contribution in [3.05, 3.63) is 65.9 Å². The van der Waals surface area contributed by atoms with Crippen molar-refractivity contribution in [2.45, 2.75) is 13.0 Å². The first-order chi connectivity index (χ1) is 13.6. The van der Waals surface area contributed by atoms with Crippen LogP contribution in [0.15, 0.2) is 64.7 Å². The van der Waals surface area contributed by atoms with Crippen LogP contribution in [-0.4, -0.2) is 27.9 Å². The molecule has 0 saturated heterocycles. The fraction of sp³-hybridized carbons (Fsp3) is 0.100. The minimum atomic E-state index is -0.984. The molecule has 8 heteroatoms. The first-order valence-corrected chi connectivity index (χ1v) is 9.34. The SMILES string of the molecule is CC(OC(=O)c1ccc2ncoc2c1)C(=O)Nc1nc(-c2ccccc2)cs1. The van der Waals surface area contributed by atoms with Crippen LogP contribution in [0.2, 0.25) is 0 Å². The number of anilines is 1. The Bertz CT molecular complexity index is 1140. The molecule has 1 unspecified atom stereocenters. The number of hydrogen-bond donors (Lipinski definition) is 1. The standard InChI is InChI=1S/C20H15N3O4S/c1-12(27-19(25)14-7-8-15-17(9-14)26-11-21-15)18(24)23-20-22-16(10-28-20)13-5-3-2-4-6-13/h2-12H,1H3,(H,22,23,24). The van der Waals surface area contributed by atoms with Crippen LogP contribution in [0.25, 0.3) is 22.4 Å². The van der Waals surface area contributed by atoms with Gasteiger partial charge in [-0.05, 0) is 25.1 Å². The number of rotatable bonds is 5. The summed E-state index contributed by atoms with van der Waals surface area (Å²) in [6.07, 6.45) is 0.315. The van der Waals surface area contributed by atoms with Crippen LogP contribution >= 0.6 is 11.3 Å². The van der Waals surface area contributed by atoms with Crippen molar-refractivity contribution in [1.82, 2.24) is 9.97 Å². The lowest BCUT2D eigenvalue weighted by Gasteiger charge is -2.12. The number of esters is 1. The number of oxazole rings is 1. The number of nitrogens with zero attached hydrogens (tertiary/aromatic N) is 2. The fourth-order valence-corrected chi connectivity index (χ4v) is 3.27. The minimum Gasteiger partial charge on any atom is -0.449 e. The monoisotopic (exact) mass is 393 g/mol. The third kappa shape index (κ3) is 3.77. The summed E-state index contributed by atoms with van der Waals surface area (Å²) in [5.41, 5.74) is 3.13. The zero-order chi connectivity index (χ0) is 19.5. The molecule has 28 heavy (non-hydrogen) atoms. The summed E-state index contributed by atoms with van der Waals surface area (Å²) in [6, 6.07) is 14.4. The lowest BCUT2D eigenvalue weighted by Crippen LogP contribution is -2.29. The lowest BCUT2D eigenvalue weighted by molar-refractivity contribution is -0.123. The van der Waals surface area contributed by atoms with Gasteiger partial charge in [-0.2, -0.15) is 0 Å². The quantitative estimate of drug-likeness (QED) is 0.512. The van der Waals surface area contributed by atoms with Crippen LogP contribution in [-0.2, 0) is 9.53 Å². The van der Waals surface area contributed by atoms with Crippen LogP contribution in [0.3, 0.4) is 0 Å². The molecule has 1 N–H and O–H groups in total. The average molecular weight is 393 g/mol. The highest BCUT2D eigenvalue weighted by Crippen LogP contribution is 2.24. The Morgan fingerprint density at radius 2 is 2.00 bits per heavy atom. The Hall–Kier alpha value is -3.52. The van der Waals surface area contributed by atoms with Gasteiger partial charge in [-0.25, -0.2) is 14.8 Å². The average Bonchev–Trinajstić information content (AvgIpc) is 3.37. The maximum atomic E-state index is 12.3. The minimum absolute atomic E-state index is 0.282. The van der Waals surface area contributed by atoms with Crippen LogP contribution < -0.4 is 5.32 Å². The van der Waals surface area contributed by atoms with E-state index < -0.39 is 18.0 Å². The van der Waals surface area contributed by atoms with Crippen LogP contribution in [0, 0.1) is 0 Å². The molecular formula is C20H15N3O4S. The van der Waals surface area contributed by atoms with Gasteiger partial charge in [0.1, 0.15) is 5.52 Å². The molecule has 0 fully saturated rings. The molecule has 0 aliphatic heterocycles. The van der Waals surface area contributed by atoms with Crippen LogP contribution in [0.4, 0.5) is 5.13 Å². The van der Waals surface area contributed by atoms with E-state index in [-0.39, 0.29) is 5.56 Å². The number of nitrogens with one attached hydrogen (secondary N) is 1. The van der Waals surface area contributed by atoms with Gasteiger partial charge in [-0.15, -0.1) is 11.3 Å². The first kappa shape index (κ1) is 17.9. The maximum Gasteiger partial charge on any atom is 0.339 e. The molecule has 1 amide bonds. The predicted molar refractivity (Wildman–Crippen MR) is 105 cm³/mol. The van der Waals surface area contributed by atoms with Gasteiger partial charge in [0.05, 0.1) is 11.3 Å². The van der Waals surface area contributed by atoms with Crippen molar-refractivity contribution < 1.29 is 18.7 Å². The van der Waals surface area contributed by atoms with Crippen LogP contribution in [0.1, 0.15) is 17.3 Å². The maximum absolute atomic E-state index is 12.3. The van der Waals surface area contributed by atoms with E-state index in [0.717, 1.165) is 11.3 Å². The second-order valence-corrected chi connectivity index (χ2v) is 6.83. The van der Waals surface area contributed by atoms with Crippen molar-refractivity contribution in [3.8, 4) is 11.3 Å². The van der Waals surface area contributed by atoms with Gasteiger partial charge in [0.25, 0.3) is 5.91 Å². The van der Waals surface area contributed by atoms with E-state index >= 15 is 0 Å². The third-order valence-corrected chi connectivity index (χ3v) is 4.78. The fourth-order valence-electron chi connectivity index (χ4n) is 2.54. The number of ether oxygens (including phenoxy) is 1. The zero-order valence-electron chi connectivity index (χ0n) is 14.8. The van der Waals surface area contributed by atoms with Crippen molar-refractivity contribution >= 4 is 39.4 Å². The molecule has 2 heterocycles. The van der Waals surface area contributed by atoms with Gasteiger partial charge in [0, 0.05) is 10.9 Å². The van der Waals surface area contributed by atoms with E-state index in [1.165, 1.54) is 30.7 Å². The molecule has 4 aromatic rings. The largest absolute Gasteiger partial charge is 0.449 e. The Balaban J connectivity index is 1.39. The number of amides is 1. The Morgan fingerprint density at radius 1 is 1.18 bits per heavy atom. The molecule has 7 nitrogen and oxygen atoms in total. The summed E-state index contributed by atoms with van der Waals surface area (Å²) in [6.45, 7) is 1.51. The first-order valence-electron chi connectivity index (χ1n) is 8.46. The number of carbonyl (C=O) groups excluding carboxylic acids is 2. The number of thiazole rings is 1. The van der Waals surface area contributed by atoms with Gasteiger partial charge in [0.15, 0.2) is 23.2 Å². The van der Waals surface area contributed by atoms with E-state index in [9.17, 15) is 9.59 Å². The van der Waals surface area contributed by atoms with E-state index in [0.29, 0.717) is 16.2 Å². The molecule has 4 rings (SSSR count). The molecule has 0 aliphatic carbocycles. The second-order valence-electron chi connectivity index (χ2n) is 5.98. The van der Waals surface area contributed by atoms with Gasteiger partial charge < -0.3 is 9.15 Å². The highest BCUT2D eigenvalue weighted by molar-refractivity contribution is 7.14. The summed E-state index contributed by atoms with van der Waals surface area (Å²) in [7, 11) is 0. The molecule has 1 atom stereocenters. The Morgan fingerprint density at radius 3 is 2.82 bits per heavy atom. The summed E-state index contributed by atoms with van der Waals surface area (Å²) >= 11 is 1.30. The van der Waals surface area contributed by atoms with E-state index in [1.54, 1.807) is 12.1 Å². The van der Waals surface area contributed by atoms with Gasteiger partial charge in [-0.3, -0.25) is 10.1 Å². The molecule has 0 radical (unpaired) electrons. The second kappa shape index (κ2) is 7.61. The van der Waals surface area contributed by atoms with Crippen LogP contribution in [0.5, 0.6) is 0 Å². The number of carbonyl (C=O) groups is 2. The van der Waals surface area contributed by atoms with Crippen molar-refractivity contribution in [3.63, 3.8) is 0 Å². The Labute approximate surface area is 164 Å². The number of benzene rings is 2. The molecule has 0 bridgehead atoms. The third-order valence-electron chi connectivity index (χ3n) is 4.02. The number of hydrogen-bond acceptors (Lipinski definition) is 7. The van der Waals surface area contributed by atoms with Crippen molar-refractivity contribution in [1.29, 1.82) is 0 Å². The van der Waals surface area contributed by atoms with E-state index in [2.05, 4.69) is 15.3 Å². The van der Waals surface area contributed by atoms with E-state index in [4.69, 9.17) is 9.15 Å². The molecule has 2 aromatic carbocycles. The lowest BCUT2D eigenvalue weighted by atomic mass is 10.2. The molecular weight excluding hydrogens is 378 g/mol. The molecule has 0 spiro atoms. The topological polar surface area (TPSA) is 94.3 Å². The number of aromatic nitrogens is 2. The highest BCUT2D eigenvalue weighted by Gasteiger charge is 2.20. The predicted octanol–water partition coefficient (Wildman–Crippen LogP) is 4.14. The van der Waals surface area contributed by atoms with Gasteiger partial charge in [-0.1, -0.05) is 30.3 Å². The zero-order valence-corrected chi connectivity index (χ0v) is 15.6.